The molecule has 0 saturated carbocycles. The molecule has 1 atom stereocenters. The Bertz CT molecular complexity index is 1000. The zero-order valence-electron chi connectivity index (χ0n) is 16.4. The molecule has 1 aliphatic rings. The number of nitrogens with zero attached hydrogens (tertiary/aromatic N) is 4. The highest BCUT2D eigenvalue weighted by Crippen LogP contribution is 2.42. The van der Waals surface area contributed by atoms with Crippen LogP contribution < -0.4 is 10.2 Å². The van der Waals surface area contributed by atoms with Crippen molar-refractivity contribution >= 4 is 33.1 Å². The van der Waals surface area contributed by atoms with Crippen molar-refractivity contribution in [1.29, 1.82) is 0 Å². The lowest BCUT2D eigenvalue weighted by atomic mass is 9.87. The van der Waals surface area contributed by atoms with Gasteiger partial charge in [0.25, 0.3) is 5.91 Å². The summed E-state index contributed by atoms with van der Waals surface area (Å²) >= 11 is 1.77. The molecule has 0 fully saturated rings. The number of fused-ring (bicyclic) bond motifs is 5. The van der Waals surface area contributed by atoms with Crippen molar-refractivity contribution in [3.8, 4) is 0 Å². The van der Waals surface area contributed by atoms with Gasteiger partial charge in [-0.1, -0.05) is 6.92 Å². The molecule has 7 nitrogen and oxygen atoms in total. The van der Waals surface area contributed by atoms with Crippen LogP contribution in [0.2, 0.25) is 0 Å². The molecule has 3 aromatic rings. The first-order chi connectivity index (χ1) is 13.0. The molecule has 0 aromatic carbocycles. The monoisotopic (exact) mass is 387 g/mol. The van der Waals surface area contributed by atoms with Crippen molar-refractivity contribution in [2.75, 3.05) is 27.2 Å². The van der Waals surface area contributed by atoms with Crippen LogP contribution in [-0.2, 0) is 6.42 Å². The van der Waals surface area contributed by atoms with Gasteiger partial charge in [-0.05, 0) is 37.7 Å². The minimum Gasteiger partial charge on any atom is -0.349 e. The van der Waals surface area contributed by atoms with Gasteiger partial charge in [-0.2, -0.15) is 4.52 Å². The third-order valence-corrected chi connectivity index (χ3v) is 6.44. The smallest absolute Gasteiger partial charge is 0.290 e. The third-order valence-electron chi connectivity index (χ3n) is 5.28. The van der Waals surface area contributed by atoms with Gasteiger partial charge in [0.15, 0.2) is 5.65 Å². The van der Waals surface area contributed by atoms with Crippen LogP contribution in [0.3, 0.4) is 0 Å². The summed E-state index contributed by atoms with van der Waals surface area (Å²) in [6.45, 7) is 5.85. The highest BCUT2D eigenvalue weighted by atomic mass is 32.1. The Morgan fingerprint density at radius 1 is 1.37 bits per heavy atom. The van der Waals surface area contributed by atoms with E-state index < -0.39 is 0 Å². The molecule has 3 heterocycles. The van der Waals surface area contributed by atoms with Gasteiger partial charge in [0, 0.05) is 17.8 Å². The molecule has 8 heteroatoms. The maximum Gasteiger partial charge on any atom is 0.290 e. The van der Waals surface area contributed by atoms with E-state index in [2.05, 4.69) is 36.4 Å². The molecule has 0 bridgehead atoms. The van der Waals surface area contributed by atoms with Crippen molar-refractivity contribution < 1.29 is 9.69 Å². The Morgan fingerprint density at radius 2 is 2.19 bits per heavy atom. The molecular formula is C19H27N6OS+. The fourth-order valence-corrected chi connectivity index (χ4v) is 5.28. The molecule has 3 aromatic heterocycles. The first kappa shape index (κ1) is 18.3. The fraction of sp³-hybridized carbons (Fsp3) is 0.579. The van der Waals surface area contributed by atoms with Crippen molar-refractivity contribution in [3.63, 3.8) is 0 Å². The molecular weight excluding hydrogens is 360 g/mol. The van der Waals surface area contributed by atoms with E-state index in [9.17, 15) is 4.79 Å². The number of rotatable bonds is 5. The standard InChI is InChI=1S/C19H26N6OS/c1-11-7-5-8-13-14(11)15-17-22-16(18(26)20-9-6-10-24(3)4)23-25(17)12(2)21-19(15)27-13/h11H,5-10H2,1-4H3,(H,20,26)/p+1/t11-/m1/s1. The van der Waals surface area contributed by atoms with Crippen LogP contribution in [-0.4, -0.2) is 52.7 Å². The highest BCUT2D eigenvalue weighted by molar-refractivity contribution is 7.19. The number of thiophene rings is 1. The van der Waals surface area contributed by atoms with Gasteiger partial charge in [0.05, 0.1) is 26.0 Å². The topological polar surface area (TPSA) is 76.6 Å². The van der Waals surface area contributed by atoms with Crippen molar-refractivity contribution in [1.82, 2.24) is 24.9 Å². The Morgan fingerprint density at radius 3 is 2.96 bits per heavy atom. The van der Waals surface area contributed by atoms with Gasteiger partial charge < -0.3 is 10.2 Å². The molecule has 0 saturated heterocycles. The van der Waals surface area contributed by atoms with Gasteiger partial charge in [-0.15, -0.1) is 16.4 Å². The van der Waals surface area contributed by atoms with E-state index in [4.69, 9.17) is 4.98 Å². The summed E-state index contributed by atoms with van der Waals surface area (Å²) in [6, 6.07) is 0. The zero-order valence-corrected chi connectivity index (χ0v) is 17.2. The average molecular weight is 388 g/mol. The number of nitrogens with one attached hydrogen (secondary N) is 2. The molecule has 1 amide bonds. The second kappa shape index (κ2) is 7.16. The van der Waals surface area contributed by atoms with Crippen molar-refractivity contribution in [2.45, 2.75) is 45.4 Å². The predicted molar refractivity (Wildman–Crippen MR) is 107 cm³/mol. The first-order valence-corrected chi connectivity index (χ1v) is 10.5. The number of carbonyl (C=O) groups is 1. The number of quaternary nitrogens is 1. The quantitative estimate of drug-likeness (QED) is 0.648. The average Bonchev–Trinajstić information content (AvgIpc) is 3.20. The number of aromatic nitrogens is 4. The van der Waals surface area contributed by atoms with Crippen molar-refractivity contribution in [2.24, 2.45) is 0 Å². The molecule has 0 aliphatic heterocycles. The lowest BCUT2D eigenvalue weighted by Crippen LogP contribution is -3.05. The highest BCUT2D eigenvalue weighted by Gasteiger charge is 2.26. The number of hydrogen-bond acceptors (Lipinski definition) is 5. The van der Waals surface area contributed by atoms with E-state index in [1.807, 2.05) is 6.92 Å². The van der Waals surface area contributed by atoms with Gasteiger partial charge >= 0.3 is 0 Å². The molecule has 1 aliphatic carbocycles. The molecule has 27 heavy (non-hydrogen) atoms. The normalized spacial score (nSPS) is 17.0. The number of hydrogen-bond donors (Lipinski definition) is 2. The predicted octanol–water partition coefficient (Wildman–Crippen LogP) is 1.35. The largest absolute Gasteiger partial charge is 0.349 e. The summed E-state index contributed by atoms with van der Waals surface area (Å²) in [5.74, 6) is 1.29. The minimum absolute atomic E-state index is 0.211. The molecule has 0 unspecified atom stereocenters. The van der Waals surface area contributed by atoms with Gasteiger partial charge in [-0.25, -0.2) is 9.97 Å². The van der Waals surface area contributed by atoms with Crippen molar-refractivity contribution in [3.05, 3.63) is 22.1 Å². The first-order valence-electron chi connectivity index (χ1n) is 9.71. The second-order valence-electron chi connectivity index (χ2n) is 7.81. The Labute approximate surface area is 162 Å². The Balaban J connectivity index is 1.71. The van der Waals surface area contributed by atoms with Gasteiger partial charge in [0.1, 0.15) is 10.7 Å². The maximum atomic E-state index is 12.5. The molecule has 0 spiro atoms. The van der Waals surface area contributed by atoms with E-state index >= 15 is 0 Å². The van der Waals surface area contributed by atoms with Gasteiger partial charge in [0.2, 0.25) is 5.82 Å². The van der Waals surface area contributed by atoms with Crippen LogP contribution in [0.1, 0.15) is 59.0 Å². The summed E-state index contributed by atoms with van der Waals surface area (Å²) in [6.07, 6.45) is 4.46. The van der Waals surface area contributed by atoms with Gasteiger partial charge in [-0.3, -0.25) is 4.79 Å². The van der Waals surface area contributed by atoms with E-state index in [-0.39, 0.29) is 11.7 Å². The number of aryl methyl sites for hydroxylation is 2. The van der Waals surface area contributed by atoms with Crippen LogP contribution in [0.4, 0.5) is 0 Å². The maximum absolute atomic E-state index is 12.5. The van der Waals surface area contributed by atoms with E-state index in [1.165, 1.54) is 28.2 Å². The third kappa shape index (κ3) is 3.32. The number of carbonyl (C=O) groups excluding carboxylic acids is 1. The summed E-state index contributed by atoms with van der Waals surface area (Å²) in [5.41, 5.74) is 2.14. The summed E-state index contributed by atoms with van der Waals surface area (Å²) in [7, 11) is 4.21. The molecule has 4 rings (SSSR count). The summed E-state index contributed by atoms with van der Waals surface area (Å²) in [5, 5.41) is 8.49. The fourth-order valence-electron chi connectivity index (χ4n) is 3.91. The van der Waals surface area contributed by atoms with Crippen LogP contribution >= 0.6 is 11.3 Å². The van der Waals surface area contributed by atoms with E-state index in [1.54, 1.807) is 15.9 Å². The summed E-state index contributed by atoms with van der Waals surface area (Å²) < 4.78 is 1.73. The van der Waals surface area contributed by atoms with Crippen LogP contribution in [0.25, 0.3) is 15.9 Å². The van der Waals surface area contributed by atoms with E-state index in [0.29, 0.717) is 12.5 Å². The lowest BCUT2D eigenvalue weighted by molar-refractivity contribution is -0.858. The molecule has 2 N–H and O–H groups in total. The van der Waals surface area contributed by atoms with Crippen LogP contribution in [0.15, 0.2) is 0 Å². The Kier molecular flexibility index (Phi) is 4.86. The molecule has 144 valence electrons. The SMILES string of the molecule is Cc1nc2sc3c(c2c2nc(C(=O)NCCC[NH+](C)C)nn12)[C@H](C)CCC3. The number of amides is 1. The second-order valence-corrected chi connectivity index (χ2v) is 8.89. The van der Waals surface area contributed by atoms with Crippen LogP contribution in [0.5, 0.6) is 0 Å². The zero-order chi connectivity index (χ0) is 19.1. The lowest BCUT2D eigenvalue weighted by Gasteiger charge is -2.18. The minimum atomic E-state index is -0.211. The van der Waals surface area contributed by atoms with E-state index in [0.717, 1.165) is 41.1 Å². The van der Waals surface area contributed by atoms with Crippen LogP contribution in [0, 0.1) is 6.92 Å². The Hall–Kier alpha value is -2.06. The molecule has 0 radical (unpaired) electrons. The summed E-state index contributed by atoms with van der Waals surface area (Å²) in [4.78, 5) is 25.7.